The molecule has 1 aliphatic heterocycles. The van der Waals surface area contributed by atoms with E-state index in [1.807, 2.05) is 12.3 Å². The maximum absolute atomic E-state index is 11.0. The van der Waals surface area contributed by atoms with Gasteiger partial charge in [0.15, 0.2) is 0 Å². The normalized spacial score (nSPS) is 16.4. The van der Waals surface area contributed by atoms with Crippen LogP contribution in [-0.4, -0.2) is 30.0 Å². The summed E-state index contributed by atoms with van der Waals surface area (Å²) in [5, 5.41) is 3.45. The molecule has 1 aromatic heterocycles. The van der Waals surface area contributed by atoms with Crippen molar-refractivity contribution < 1.29 is 4.79 Å². The van der Waals surface area contributed by atoms with Gasteiger partial charge in [0.05, 0.1) is 0 Å². The fourth-order valence-corrected chi connectivity index (χ4v) is 2.80. The summed E-state index contributed by atoms with van der Waals surface area (Å²) >= 11 is 0. The highest BCUT2D eigenvalue weighted by Crippen LogP contribution is 2.26. The quantitative estimate of drug-likeness (QED) is 0.836. The van der Waals surface area contributed by atoms with Crippen molar-refractivity contribution >= 4 is 11.7 Å². The Balaban J connectivity index is 1.98. The SMILES string of the molecule is CC(C)NCc1cccnc1N1CCC(CC(N)=O)CC1. The molecule has 3 N–H and O–H groups in total. The van der Waals surface area contributed by atoms with Crippen LogP contribution < -0.4 is 16.0 Å². The largest absolute Gasteiger partial charge is 0.370 e. The van der Waals surface area contributed by atoms with Crippen LogP contribution in [0.25, 0.3) is 0 Å². The average Bonchev–Trinajstić information content (AvgIpc) is 2.46. The van der Waals surface area contributed by atoms with E-state index in [0.717, 1.165) is 38.3 Å². The van der Waals surface area contributed by atoms with Crippen LogP contribution in [0.2, 0.25) is 0 Å². The predicted octanol–water partition coefficient (Wildman–Crippen LogP) is 1.67. The molecule has 1 amide bonds. The number of hydrogen-bond acceptors (Lipinski definition) is 4. The van der Waals surface area contributed by atoms with Crippen LogP contribution in [0, 0.1) is 5.92 Å². The minimum Gasteiger partial charge on any atom is -0.370 e. The molecule has 0 unspecified atom stereocenters. The van der Waals surface area contributed by atoms with Gasteiger partial charge in [-0.15, -0.1) is 0 Å². The summed E-state index contributed by atoms with van der Waals surface area (Å²) in [6.07, 6.45) is 4.38. The molecule has 0 saturated carbocycles. The van der Waals surface area contributed by atoms with Crippen LogP contribution in [0.4, 0.5) is 5.82 Å². The van der Waals surface area contributed by atoms with Crippen LogP contribution in [0.5, 0.6) is 0 Å². The first kappa shape index (κ1) is 15.8. The molecular weight excluding hydrogens is 264 g/mol. The van der Waals surface area contributed by atoms with Crippen molar-refractivity contribution in [1.82, 2.24) is 10.3 Å². The van der Waals surface area contributed by atoms with Gasteiger partial charge in [0, 0.05) is 43.9 Å². The number of piperidine rings is 1. The highest BCUT2D eigenvalue weighted by atomic mass is 16.1. The molecule has 21 heavy (non-hydrogen) atoms. The number of rotatable bonds is 6. The summed E-state index contributed by atoms with van der Waals surface area (Å²) < 4.78 is 0. The minimum absolute atomic E-state index is 0.187. The van der Waals surface area contributed by atoms with Crippen molar-refractivity contribution in [2.24, 2.45) is 11.7 Å². The van der Waals surface area contributed by atoms with Gasteiger partial charge in [-0.1, -0.05) is 19.9 Å². The smallest absolute Gasteiger partial charge is 0.217 e. The number of nitrogens with zero attached hydrogens (tertiary/aromatic N) is 2. The number of aromatic nitrogens is 1. The van der Waals surface area contributed by atoms with E-state index < -0.39 is 0 Å². The first-order valence-electron chi connectivity index (χ1n) is 7.76. The first-order chi connectivity index (χ1) is 10.1. The molecule has 0 radical (unpaired) electrons. The molecule has 2 heterocycles. The van der Waals surface area contributed by atoms with Crippen molar-refractivity contribution in [3.8, 4) is 0 Å². The van der Waals surface area contributed by atoms with Gasteiger partial charge in [0.1, 0.15) is 5.82 Å². The van der Waals surface area contributed by atoms with E-state index in [1.165, 1.54) is 5.56 Å². The Morgan fingerprint density at radius 3 is 2.81 bits per heavy atom. The molecule has 1 saturated heterocycles. The van der Waals surface area contributed by atoms with E-state index in [2.05, 4.69) is 35.1 Å². The zero-order chi connectivity index (χ0) is 15.2. The Hall–Kier alpha value is -1.62. The van der Waals surface area contributed by atoms with Crippen molar-refractivity contribution in [3.63, 3.8) is 0 Å². The van der Waals surface area contributed by atoms with E-state index in [0.29, 0.717) is 18.4 Å². The highest BCUT2D eigenvalue weighted by molar-refractivity contribution is 5.74. The summed E-state index contributed by atoms with van der Waals surface area (Å²) in [6.45, 7) is 7.02. The highest BCUT2D eigenvalue weighted by Gasteiger charge is 2.22. The van der Waals surface area contributed by atoms with Gasteiger partial charge in [-0.3, -0.25) is 4.79 Å². The molecule has 5 nitrogen and oxygen atoms in total. The number of amides is 1. The topological polar surface area (TPSA) is 71.2 Å². The third-order valence-corrected chi connectivity index (χ3v) is 3.97. The van der Waals surface area contributed by atoms with Crippen LogP contribution in [0.3, 0.4) is 0 Å². The number of pyridine rings is 1. The fourth-order valence-electron chi connectivity index (χ4n) is 2.80. The van der Waals surface area contributed by atoms with Crippen LogP contribution in [0.1, 0.15) is 38.7 Å². The first-order valence-corrected chi connectivity index (χ1v) is 7.76. The van der Waals surface area contributed by atoms with Gasteiger partial charge < -0.3 is 16.0 Å². The van der Waals surface area contributed by atoms with Crippen molar-refractivity contribution in [2.75, 3.05) is 18.0 Å². The molecule has 116 valence electrons. The van der Waals surface area contributed by atoms with Crippen LogP contribution in [0.15, 0.2) is 18.3 Å². The van der Waals surface area contributed by atoms with Crippen LogP contribution >= 0.6 is 0 Å². The predicted molar refractivity (Wildman–Crippen MR) is 85.0 cm³/mol. The second-order valence-corrected chi connectivity index (χ2v) is 6.12. The number of nitrogens with two attached hydrogens (primary N) is 1. The molecule has 1 aromatic rings. The van der Waals surface area contributed by atoms with Gasteiger partial charge in [-0.2, -0.15) is 0 Å². The maximum Gasteiger partial charge on any atom is 0.217 e. The van der Waals surface area contributed by atoms with Crippen molar-refractivity contribution in [2.45, 2.75) is 45.7 Å². The number of nitrogens with one attached hydrogen (secondary N) is 1. The summed E-state index contributed by atoms with van der Waals surface area (Å²) in [5.74, 6) is 1.32. The second kappa shape index (κ2) is 7.41. The van der Waals surface area contributed by atoms with E-state index in [-0.39, 0.29) is 5.91 Å². The van der Waals surface area contributed by atoms with E-state index >= 15 is 0 Å². The third-order valence-electron chi connectivity index (χ3n) is 3.97. The molecule has 0 aliphatic carbocycles. The molecule has 0 spiro atoms. The average molecular weight is 290 g/mol. The molecule has 1 aliphatic rings. The number of primary amides is 1. The summed E-state index contributed by atoms with van der Waals surface area (Å²) in [7, 11) is 0. The molecule has 0 atom stereocenters. The van der Waals surface area contributed by atoms with Crippen molar-refractivity contribution in [3.05, 3.63) is 23.9 Å². The molecule has 0 bridgehead atoms. The number of carbonyl (C=O) groups excluding carboxylic acids is 1. The lowest BCUT2D eigenvalue weighted by Gasteiger charge is -2.33. The molecule has 1 fully saturated rings. The van der Waals surface area contributed by atoms with Gasteiger partial charge in [0.25, 0.3) is 0 Å². The van der Waals surface area contributed by atoms with Gasteiger partial charge in [-0.05, 0) is 24.8 Å². The van der Waals surface area contributed by atoms with Gasteiger partial charge >= 0.3 is 0 Å². The molecule has 5 heteroatoms. The van der Waals surface area contributed by atoms with E-state index in [4.69, 9.17) is 5.73 Å². The lowest BCUT2D eigenvalue weighted by molar-refractivity contribution is -0.119. The fraction of sp³-hybridized carbons (Fsp3) is 0.625. The van der Waals surface area contributed by atoms with E-state index in [9.17, 15) is 4.79 Å². The van der Waals surface area contributed by atoms with E-state index in [1.54, 1.807) is 0 Å². The zero-order valence-electron chi connectivity index (χ0n) is 13.0. The maximum atomic E-state index is 11.0. The molecule has 0 aromatic carbocycles. The Labute approximate surface area is 126 Å². The summed E-state index contributed by atoms with van der Waals surface area (Å²) in [5.41, 5.74) is 6.52. The van der Waals surface area contributed by atoms with Gasteiger partial charge in [0.2, 0.25) is 5.91 Å². The minimum atomic E-state index is -0.187. The lowest BCUT2D eigenvalue weighted by Crippen LogP contribution is -2.36. The lowest BCUT2D eigenvalue weighted by atomic mass is 9.93. The van der Waals surface area contributed by atoms with Gasteiger partial charge in [-0.25, -0.2) is 4.98 Å². The summed E-state index contributed by atoms with van der Waals surface area (Å²) in [4.78, 5) is 17.9. The summed E-state index contributed by atoms with van der Waals surface area (Å²) in [6, 6.07) is 4.58. The zero-order valence-corrected chi connectivity index (χ0v) is 13.0. The Bertz CT molecular complexity index is 467. The Kier molecular flexibility index (Phi) is 5.56. The second-order valence-electron chi connectivity index (χ2n) is 6.12. The Morgan fingerprint density at radius 2 is 2.19 bits per heavy atom. The van der Waals surface area contributed by atoms with Crippen molar-refractivity contribution in [1.29, 1.82) is 0 Å². The molecule has 2 rings (SSSR count). The molecular formula is C16H26N4O. The number of hydrogen-bond donors (Lipinski definition) is 2. The third kappa shape index (κ3) is 4.70. The van der Waals surface area contributed by atoms with Crippen LogP contribution in [-0.2, 0) is 11.3 Å². The number of carbonyl (C=O) groups is 1. The standard InChI is InChI=1S/C16H26N4O/c1-12(2)19-11-14-4-3-7-18-16(14)20-8-5-13(6-9-20)10-15(17)21/h3-4,7,12-13,19H,5-6,8-11H2,1-2H3,(H2,17,21). The monoisotopic (exact) mass is 290 g/mol. The Morgan fingerprint density at radius 1 is 1.48 bits per heavy atom. The number of anilines is 1.